The Kier molecular flexibility index (Phi) is 4.79. The van der Waals surface area contributed by atoms with Gasteiger partial charge in [-0.3, -0.25) is 0 Å². The first kappa shape index (κ1) is 14.6. The molecule has 2 aromatic rings. The van der Waals surface area contributed by atoms with E-state index in [4.69, 9.17) is 4.74 Å². The summed E-state index contributed by atoms with van der Waals surface area (Å²) in [5, 5.41) is 0. The van der Waals surface area contributed by atoms with Crippen LogP contribution < -0.4 is 9.47 Å². The Morgan fingerprint density at radius 3 is 2.30 bits per heavy atom. The lowest BCUT2D eigenvalue weighted by Gasteiger charge is -2.10. The van der Waals surface area contributed by atoms with Crippen LogP contribution in [0.2, 0.25) is 0 Å². The van der Waals surface area contributed by atoms with Gasteiger partial charge >= 0.3 is 6.36 Å². The van der Waals surface area contributed by atoms with Crippen LogP contribution in [0.4, 0.5) is 13.2 Å². The normalized spacial score (nSPS) is 11.2. The fourth-order valence-corrected chi connectivity index (χ4v) is 2.15. The Hall–Kier alpha value is -1.82. The SMILES string of the molecule is FC(F)(F)Oc1cccc(SCOc2ccccc2)c1. The van der Waals surface area contributed by atoms with E-state index < -0.39 is 6.36 Å². The molecule has 0 aliphatic carbocycles. The fraction of sp³-hybridized carbons (Fsp3) is 0.143. The van der Waals surface area contributed by atoms with Crippen molar-refractivity contribution in [3.63, 3.8) is 0 Å². The van der Waals surface area contributed by atoms with Crippen molar-refractivity contribution in [1.29, 1.82) is 0 Å². The maximum absolute atomic E-state index is 12.1. The van der Waals surface area contributed by atoms with Gasteiger partial charge in [0.1, 0.15) is 17.4 Å². The molecule has 0 unspecified atom stereocenters. The summed E-state index contributed by atoms with van der Waals surface area (Å²) >= 11 is 1.29. The largest absolute Gasteiger partial charge is 0.573 e. The van der Waals surface area contributed by atoms with Gasteiger partial charge in [0.05, 0.1) is 0 Å². The van der Waals surface area contributed by atoms with E-state index in [0.717, 1.165) is 0 Å². The van der Waals surface area contributed by atoms with Gasteiger partial charge in [0, 0.05) is 4.90 Å². The lowest BCUT2D eigenvalue weighted by Crippen LogP contribution is -2.17. The molecule has 0 heterocycles. The number of benzene rings is 2. The fourth-order valence-electron chi connectivity index (χ4n) is 1.44. The standard InChI is InChI=1S/C14H11F3O2S/c15-14(16,17)19-12-7-4-8-13(9-12)20-10-18-11-5-2-1-3-6-11/h1-9H,10H2. The molecule has 2 nitrogen and oxygen atoms in total. The van der Waals surface area contributed by atoms with Crippen molar-refractivity contribution in [2.75, 3.05) is 5.94 Å². The van der Waals surface area contributed by atoms with Gasteiger partial charge in [0.15, 0.2) is 0 Å². The zero-order valence-electron chi connectivity index (χ0n) is 10.3. The van der Waals surface area contributed by atoms with Gasteiger partial charge in [-0.2, -0.15) is 0 Å². The van der Waals surface area contributed by atoms with Crippen molar-refractivity contribution >= 4 is 11.8 Å². The predicted molar refractivity (Wildman–Crippen MR) is 70.9 cm³/mol. The Morgan fingerprint density at radius 1 is 0.900 bits per heavy atom. The Balaban J connectivity index is 1.88. The number of alkyl halides is 3. The summed E-state index contributed by atoms with van der Waals surface area (Å²) in [6, 6.07) is 15.0. The van der Waals surface area contributed by atoms with Crippen molar-refractivity contribution in [1.82, 2.24) is 0 Å². The van der Waals surface area contributed by atoms with E-state index >= 15 is 0 Å². The molecule has 0 atom stereocenters. The van der Waals surface area contributed by atoms with E-state index in [1.807, 2.05) is 30.3 Å². The molecule has 0 fully saturated rings. The third-order valence-corrected chi connectivity index (χ3v) is 3.06. The first-order chi connectivity index (χ1) is 9.53. The molecule has 6 heteroatoms. The molecule has 2 rings (SSSR count). The molecular formula is C14H11F3O2S. The Morgan fingerprint density at radius 2 is 1.60 bits per heavy atom. The van der Waals surface area contributed by atoms with Crippen LogP contribution in [-0.2, 0) is 0 Å². The number of rotatable bonds is 5. The van der Waals surface area contributed by atoms with Crippen LogP contribution in [0.15, 0.2) is 59.5 Å². The van der Waals surface area contributed by atoms with Gasteiger partial charge in [-0.1, -0.05) is 36.0 Å². The second-order valence-corrected chi connectivity index (χ2v) is 4.74. The summed E-state index contributed by atoms with van der Waals surface area (Å²) in [5.41, 5.74) is 0. The maximum Gasteiger partial charge on any atom is 0.573 e. The quantitative estimate of drug-likeness (QED) is 0.588. The minimum atomic E-state index is -4.68. The second kappa shape index (κ2) is 6.56. The van der Waals surface area contributed by atoms with Gasteiger partial charge in [-0.05, 0) is 30.3 Å². The zero-order chi connectivity index (χ0) is 14.4. The van der Waals surface area contributed by atoms with Gasteiger partial charge in [0.25, 0.3) is 0 Å². The van der Waals surface area contributed by atoms with E-state index in [2.05, 4.69) is 4.74 Å². The summed E-state index contributed by atoms with van der Waals surface area (Å²) in [5.74, 6) is 0.782. The first-order valence-corrected chi connectivity index (χ1v) is 6.68. The average Bonchev–Trinajstić information content (AvgIpc) is 2.38. The van der Waals surface area contributed by atoms with Crippen molar-refractivity contribution in [2.45, 2.75) is 11.3 Å². The smallest absolute Gasteiger partial charge is 0.483 e. The molecule has 0 aliphatic rings. The second-order valence-electron chi connectivity index (χ2n) is 3.74. The molecule has 0 aliphatic heterocycles. The number of halogens is 3. The molecule has 0 spiro atoms. The maximum atomic E-state index is 12.1. The molecule has 0 N–H and O–H groups in total. The summed E-state index contributed by atoms with van der Waals surface area (Å²) < 4.78 is 45.6. The lowest BCUT2D eigenvalue weighted by molar-refractivity contribution is -0.274. The van der Waals surface area contributed by atoms with Crippen LogP contribution in [0.3, 0.4) is 0 Å². The number of ether oxygens (including phenoxy) is 2. The highest BCUT2D eigenvalue weighted by Gasteiger charge is 2.31. The van der Waals surface area contributed by atoms with E-state index in [0.29, 0.717) is 16.6 Å². The van der Waals surface area contributed by atoms with Gasteiger partial charge in [0.2, 0.25) is 0 Å². The molecule has 20 heavy (non-hydrogen) atoms. The molecule has 0 aromatic heterocycles. The van der Waals surface area contributed by atoms with Crippen LogP contribution in [0, 0.1) is 0 Å². The van der Waals surface area contributed by atoms with Crippen molar-refractivity contribution in [3.8, 4) is 11.5 Å². The molecule has 2 aromatic carbocycles. The van der Waals surface area contributed by atoms with Crippen LogP contribution in [0.1, 0.15) is 0 Å². The van der Waals surface area contributed by atoms with Crippen LogP contribution in [-0.4, -0.2) is 12.3 Å². The van der Waals surface area contributed by atoms with E-state index in [-0.39, 0.29) is 5.75 Å². The predicted octanol–water partition coefficient (Wildman–Crippen LogP) is 4.71. The number of hydrogen-bond acceptors (Lipinski definition) is 3. The average molecular weight is 300 g/mol. The minimum absolute atomic E-state index is 0.234. The number of para-hydroxylation sites is 1. The van der Waals surface area contributed by atoms with E-state index in [1.54, 1.807) is 6.07 Å². The third kappa shape index (κ3) is 5.05. The highest BCUT2D eigenvalue weighted by atomic mass is 32.2. The topological polar surface area (TPSA) is 18.5 Å². The van der Waals surface area contributed by atoms with Crippen molar-refractivity contribution in [2.24, 2.45) is 0 Å². The molecule has 0 amide bonds. The van der Waals surface area contributed by atoms with Crippen LogP contribution in [0.25, 0.3) is 0 Å². The molecular weight excluding hydrogens is 289 g/mol. The summed E-state index contributed by atoms with van der Waals surface area (Å²) in [7, 11) is 0. The molecule has 106 valence electrons. The number of hydrogen-bond donors (Lipinski definition) is 0. The van der Waals surface area contributed by atoms with Crippen molar-refractivity contribution in [3.05, 3.63) is 54.6 Å². The van der Waals surface area contributed by atoms with Gasteiger partial charge in [-0.15, -0.1) is 13.2 Å². The third-order valence-electron chi connectivity index (χ3n) is 2.23. The van der Waals surface area contributed by atoms with Gasteiger partial charge in [-0.25, -0.2) is 0 Å². The molecule has 0 radical (unpaired) electrons. The van der Waals surface area contributed by atoms with E-state index in [1.165, 1.54) is 30.0 Å². The Labute approximate surface area is 118 Å². The highest BCUT2D eigenvalue weighted by Crippen LogP contribution is 2.27. The summed E-state index contributed by atoms with van der Waals surface area (Å²) in [6.45, 7) is 0. The summed E-state index contributed by atoms with van der Waals surface area (Å²) in [4.78, 5) is 0.641. The lowest BCUT2D eigenvalue weighted by atomic mass is 10.3. The first-order valence-electron chi connectivity index (χ1n) is 5.69. The highest BCUT2D eigenvalue weighted by molar-refractivity contribution is 7.99. The monoisotopic (exact) mass is 300 g/mol. The zero-order valence-corrected chi connectivity index (χ0v) is 11.1. The summed E-state index contributed by atoms with van der Waals surface area (Å²) in [6.07, 6.45) is -4.68. The molecule has 0 saturated heterocycles. The minimum Gasteiger partial charge on any atom is -0.483 e. The van der Waals surface area contributed by atoms with Gasteiger partial charge < -0.3 is 9.47 Å². The van der Waals surface area contributed by atoms with Crippen LogP contribution in [0.5, 0.6) is 11.5 Å². The van der Waals surface area contributed by atoms with E-state index in [9.17, 15) is 13.2 Å². The van der Waals surface area contributed by atoms with Crippen molar-refractivity contribution < 1.29 is 22.6 Å². The number of thioether (sulfide) groups is 1. The molecule has 0 bridgehead atoms. The Bertz CT molecular complexity index is 544. The molecule has 0 saturated carbocycles. The van der Waals surface area contributed by atoms with Crippen LogP contribution >= 0.6 is 11.8 Å².